The van der Waals surface area contributed by atoms with Crippen LogP contribution in [-0.2, 0) is 12.8 Å². The molecule has 1 unspecified atom stereocenters. The molecule has 3 N–H and O–H groups in total. The summed E-state index contributed by atoms with van der Waals surface area (Å²) in [5.41, 5.74) is 8.63. The second-order valence-electron chi connectivity index (χ2n) is 5.63. The number of aromatic nitrogens is 2. The molecule has 0 radical (unpaired) electrons. The van der Waals surface area contributed by atoms with Gasteiger partial charge in [0, 0.05) is 13.1 Å². The van der Waals surface area contributed by atoms with Crippen LogP contribution in [0.4, 0.5) is 5.82 Å². The molecule has 0 aliphatic heterocycles. The van der Waals surface area contributed by atoms with Gasteiger partial charge in [0.05, 0.1) is 11.3 Å². The first kappa shape index (κ1) is 14.8. The highest BCUT2D eigenvalue weighted by Gasteiger charge is 2.32. The summed E-state index contributed by atoms with van der Waals surface area (Å²) in [5, 5.41) is 16.6. The van der Waals surface area contributed by atoms with Crippen LogP contribution in [0.2, 0.25) is 0 Å². The van der Waals surface area contributed by atoms with Gasteiger partial charge in [-0.25, -0.2) is 0 Å². The number of rotatable bonds is 6. The van der Waals surface area contributed by atoms with Crippen molar-refractivity contribution in [1.29, 1.82) is 5.41 Å². The summed E-state index contributed by atoms with van der Waals surface area (Å²) in [4.78, 5) is 2.14. The van der Waals surface area contributed by atoms with Crippen LogP contribution in [0.5, 0.6) is 0 Å². The number of amidine groups is 1. The Balaban J connectivity index is 2.48. The van der Waals surface area contributed by atoms with E-state index >= 15 is 0 Å². The highest BCUT2D eigenvalue weighted by atomic mass is 15.3. The largest absolute Gasteiger partial charge is 0.384 e. The van der Waals surface area contributed by atoms with Gasteiger partial charge < -0.3 is 10.6 Å². The fourth-order valence-electron chi connectivity index (χ4n) is 2.78. The van der Waals surface area contributed by atoms with Gasteiger partial charge in [-0.15, -0.1) is 5.10 Å². The van der Waals surface area contributed by atoms with E-state index < -0.39 is 0 Å². The van der Waals surface area contributed by atoms with Gasteiger partial charge in [0.25, 0.3) is 0 Å². The highest BCUT2D eigenvalue weighted by Crippen LogP contribution is 2.36. The van der Waals surface area contributed by atoms with Gasteiger partial charge in [0.15, 0.2) is 5.82 Å². The van der Waals surface area contributed by atoms with Crippen molar-refractivity contribution in [1.82, 2.24) is 10.2 Å². The van der Waals surface area contributed by atoms with Crippen LogP contribution in [0.15, 0.2) is 0 Å². The van der Waals surface area contributed by atoms with Gasteiger partial charge in [0.1, 0.15) is 5.84 Å². The molecule has 1 aliphatic rings. The zero-order valence-electron chi connectivity index (χ0n) is 12.9. The summed E-state index contributed by atoms with van der Waals surface area (Å²) < 4.78 is 0. The van der Waals surface area contributed by atoms with E-state index in [0.29, 0.717) is 6.04 Å². The summed E-state index contributed by atoms with van der Waals surface area (Å²) >= 11 is 0. The zero-order valence-corrected chi connectivity index (χ0v) is 12.9. The first-order chi connectivity index (χ1) is 9.51. The summed E-state index contributed by atoms with van der Waals surface area (Å²) in [7, 11) is 2.03. The average Bonchev–Trinajstić information content (AvgIpc) is 3.28. The molecule has 0 aromatic carbocycles. The fraction of sp³-hybridized carbons (Fsp3) is 0.667. The average molecular weight is 275 g/mol. The molecule has 0 bridgehead atoms. The van der Waals surface area contributed by atoms with Gasteiger partial charge in [-0.1, -0.05) is 13.8 Å². The smallest absolute Gasteiger partial charge is 0.162 e. The van der Waals surface area contributed by atoms with E-state index in [2.05, 4.69) is 35.9 Å². The van der Waals surface area contributed by atoms with E-state index in [-0.39, 0.29) is 5.84 Å². The van der Waals surface area contributed by atoms with E-state index in [1.807, 2.05) is 7.05 Å². The molecule has 5 heteroatoms. The number of nitrogen functional groups attached to an aromatic ring is 1. The first-order valence-corrected chi connectivity index (χ1v) is 7.46. The van der Waals surface area contributed by atoms with Crippen molar-refractivity contribution in [2.24, 2.45) is 11.7 Å². The molecule has 5 nitrogen and oxygen atoms in total. The Hall–Kier alpha value is -1.65. The fourth-order valence-corrected chi connectivity index (χ4v) is 2.78. The third-order valence-electron chi connectivity index (χ3n) is 4.35. The van der Waals surface area contributed by atoms with E-state index in [1.165, 1.54) is 12.8 Å². The van der Waals surface area contributed by atoms with Crippen molar-refractivity contribution < 1.29 is 0 Å². The van der Waals surface area contributed by atoms with Gasteiger partial charge in [-0.2, -0.15) is 5.10 Å². The van der Waals surface area contributed by atoms with Crippen LogP contribution < -0.4 is 10.6 Å². The summed E-state index contributed by atoms with van der Waals surface area (Å²) in [6.07, 6.45) is 4.20. The van der Waals surface area contributed by atoms with Crippen molar-refractivity contribution in [2.75, 3.05) is 11.9 Å². The lowest BCUT2D eigenvalue weighted by Gasteiger charge is -2.28. The third kappa shape index (κ3) is 2.62. The molecule has 0 spiro atoms. The summed E-state index contributed by atoms with van der Waals surface area (Å²) in [5.74, 6) is 1.58. The molecular formula is C15H25N5. The number of hydrogen-bond donors (Lipinski definition) is 2. The van der Waals surface area contributed by atoms with E-state index in [4.69, 9.17) is 11.1 Å². The van der Waals surface area contributed by atoms with Gasteiger partial charge in [-0.05, 0) is 44.1 Å². The molecule has 1 heterocycles. The summed E-state index contributed by atoms with van der Waals surface area (Å²) in [6, 6.07) is 0.416. The Morgan fingerprint density at radius 1 is 1.35 bits per heavy atom. The monoisotopic (exact) mass is 275 g/mol. The third-order valence-corrected chi connectivity index (χ3v) is 4.35. The van der Waals surface area contributed by atoms with Crippen molar-refractivity contribution >= 4 is 11.7 Å². The number of hydrogen-bond acceptors (Lipinski definition) is 4. The standard InChI is InChI=1S/C15H25N5/c1-5-11-12(6-2)18-19-15(13(11)14(16)17)20(4)9(3)10-7-8-10/h9-10H,5-8H2,1-4H3,(H3,16,17). The Morgan fingerprint density at radius 3 is 2.45 bits per heavy atom. The minimum atomic E-state index is 0.0938. The van der Waals surface area contributed by atoms with Crippen molar-refractivity contribution in [2.45, 2.75) is 52.5 Å². The molecule has 1 aromatic heterocycles. The van der Waals surface area contributed by atoms with E-state index in [1.54, 1.807) is 0 Å². The molecule has 1 aromatic rings. The molecule has 0 amide bonds. The lowest BCUT2D eigenvalue weighted by molar-refractivity contribution is 0.599. The maximum Gasteiger partial charge on any atom is 0.162 e. The van der Waals surface area contributed by atoms with Crippen molar-refractivity contribution in [3.8, 4) is 0 Å². The Labute approximate surface area is 121 Å². The number of nitrogens with one attached hydrogen (secondary N) is 1. The molecule has 1 saturated carbocycles. The predicted molar refractivity (Wildman–Crippen MR) is 82.4 cm³/mol. The van der Waals surface area contributed by atoms with Crippen LogP contribution in [0, 0.1) is 11.3 Å². The minimum Gasteiger partial charge on any atom is -0.384 e. The van der Waals surface area contributed by atoms with E-state index in [0.717, 1.165) is 41.4 Å². The Bertz CT molecular complexity index is 507. The molecule has 20 heavy (non-hydrogen) atoms. The highest BCUT2D eigenvalue weighted by molar-refractivity contribution is 6.01. The van der Waals surface area contributed by atoms with Crippen molar-refractivity contribution in [3.63, 3.8) is 0 Å². The SMILES string of the molecule is CCc1nnc(N(C)C(C)C2CC2)c(C(=N)N)c1CC. The first-order valence-electron chi connectivity index (χ1n) is 7.46. The van der Waals surface area contributed by atoms with Crippen LogP contribution in [0.25, 0.3) is 0 Å². The minimum absolute atomic E-state index is 0.0938. The van der Waals surface area contributed by atoms with Crippen molar-refractivity contribution in [3.05, 3.63) is 16.8 Å². The quantitative estimate of drug-likeness (QED) is 0.615. The zero-order chi connectivity index (χ0) is 14.9. The number of aryl methyl sites for hydroxylation is 1. The molecule has 110 valence electrons. The molecular weight excluding hydrogens is 250 g/mol. The lowest BCUT2D eigenvalue weighted by atomic mass is 10.0. The molecule has 1 atom stereocenters. The summed E-state index contributed by atoms with van der Waals surface area (Å²) in [6.45, 7) is 6.35. The van der Waals surface area contributed by atoms with Gasteiger partial charge in [0.2, 0.25) is 0 Å². The molecule has 1 aliphatic carbocycles. The number of nitrogens with zero attached hydrogens (tertiary/aromatic N) is 3. The lowest BCUT2D eigenvalue weighted by Crippen LogP contribution is -2.34. The topological polar surface area (TPSA) is 78.9 Å². The molecule has 2 rings (SSSR count). The Morgan fingerprint density at radius 2 is 2.00 bits per heavy atom. The predicted octanol–water partition coefficient (Wildman–Crippen LogP) is 2.12. The number of nitrogens with two attached hydrogens (primary N) is 1. The Kier molecular flexibility index (Phi) is 4.26. The van der Waals surface area contributed by atoms with E-state index in [9.17, 15) is 0 Å². The van der Waals surface area contributed by atoms with Gasteiger partial charge in [-0.3, -0.25) is 5.41 Å². The molecule has 0 saturated heterocycles. The maximum atomic E-state index is 7.93. The van der Waals surface area contributed by atoms with Gasteiger partial charge >= 0.3 is 0 Å². The van der Waals surface area contributed by atoms with Crippen LogP contribution in [-0.4, -0.2) is 29.1 Å². The van der Waals surface area contributed by atoms with Crippen LogP contribution >= 0.6 is 0 Å². The van der Waals surface area contributed by atoms with Crippen LogP contribution in [0.1, 0.15) is 50.4 Å². The number of anilines is 1. The van der Waals surface area contributed by atoms with Crippen LogP contribution in [0.3, 0.4) is 0 Å². The second-order valence-corrected chi connectivity index (χ2v) is 5.63. The normalized spacial score (nSPS) is 16.0. The maximum absolute atomic E-state index is 7.93. The second kappa shape index (κ2) is 5.77. The molecule has 1 fully saturated rings.